The van der Waals surface area contributed by atoms with Gasteiger partial charge in [0.15, 0.2) is 0 Å². The van der Waals surface area contributed by atoms with Crippen molar-refractivity contribution in [3.05, 3.63) is 28.8 Å². The lowest BCUT2D eigenvalue weighted by atomic mass is 10.2. The van der Waals surface area contributed by atoms with Crippen LogP contribution >= 0.6 is 24.0 Å². The fraction of sp³-hybridized carbons (Fsp3) is 0.111. The number of carbonyl (C=O) groups excluding carboxylic acids is 1. The number of hydrogen-bond donors (Lipinski definition) is 1. The van der Waals surface area contributed by atoms with Gasteiger partial charge in [-0.1, -0.05) is 0 Å². The first-order chi connectivity index (χ1) is 6.16. The van der Waals surface area contributed by atoms with Crippen LogP contribution in [-0.4, -0.2) is 10.1 Å². The van der Waals surface area contributed by atoms with Gasteiger partial charge in [0, 0.05) is 5.56 Å². The number of aryl methyl sites for hydroxylation is 1. The maximum Gasteiger partial charge on any atom is 0.216 e. The molecule has 13 heavy (non-hydrogen) atoms. The minimum absolute atomic E-state index is 0.201. The van der Waals surface area contributed by atoms with E-state index in [0.717, 1.165) is 15.2 Å². The Labute approximate surface area is 85.0 Å². The molecule has 66 valence electrons. The average molecular weight is 209 g/mol. The van der Waals surface area contributed by atoms with Gasteiger partial charge >= 0.3 is 0 Å². The molecule has 0 bridgehead atoms. The Kier molecular flexibility index (Phi) is 2.09. The molecule has 0 radical (unpaired) electrons. The van der Waals surface area contributed by atoms with Crippen LogP contribution in [0.4, 0.5) is 0 Å². The molecular weight excluding hydrogens is 202 g/mol. The van der Waals surface area contributed by atoms with E-state index in [4.69, 9.17) is 0 Å². The molecule has 2 rings (SSSR count). The number of benzene rings is 1. The minimum Gasteiger partial charge on any atom is -0.282 e. The van der Waals surface area contributed by atoms with Gasteiger partial charge in [0.25, 0.3) is 0 Å². The van der Waals surface area contributed by atoms with Gasteiger partial charge in [-0.25, -0.2) is 4.98 Å². The zero-order valence-electron chi connectivity index (χ0n) is 6.94. The Bertz CT molecular complexity index is 475. The summed E-state index contributed by atoms with van der Waals surface area (Å²) in [5, 5.41) is 0.812. The smallest absolute Gasteiger partial charge is 0.216 e. The topological polar surface area (TPSA) is 30.0 Å². The molecule has 0 amide bonds. The Balaban J connectivity index is 2.67. The molecule has 0 fully saturated rings. The van der Waals surface area contributed by atoms with Crippen molar-refractivity contribution in [1.29, 1.82) is 0 Å². The van der Waals surface area contributed by atoms with Crippen molar-refractivity contribution in [3.63, 3.8) is 0 Å². The number of thiol groups is 1. The Morgan fingerprint density at radius 1 is 1.54 bits per heavy atom. The fourth-order valence-electron chi connectivity index (χ4n) is 1.17. The SMILES string of the molecule is Cc1nc2ccc(C(=O)S)cc2s1. The highest BCUT2D eigenvalue weighted by atomic mass is 32.1. The lowest BCUT2D eigenvalue weighted by Gasteiger charge is -1.92. The Hall–Kier alpha value is -0.870. The van der Waals surface area contributed by atoms with E-state index >= 15 is 0 Å². The van der Waals surface area contributed by atoms with E-state index in [1.807, 2.05) is 19.1 Å². The van der Waals surface area contributed by atoms with Gasteiger partial charge in [-0.3, -0.25) is 4.79 Å². The molecule has 2 nitrogen and oxygen atoms in total. The van der Waals surface area contributed by atoms with Gasteiger partial charge in [-0.05, 0) is 25.1 Å². The molecule has 0 saturated carbocycles. The standard InChI is InChI=1S/C9H7NOS2/c1-5-10-7-3-2-6(9(11)12)4-8(7)13-5/h2-4H,1H3,(H,11,12). The second-order valence-corrected chi connectivity index (χ2v) is 4.36. The quantitative estimate of drug-likeness (QED) is 0.732. The maximum absolute atomic E-state index is 10.9. The summed E-state index contributed by atoms with van der Waals surface area (Å²) in [7, 11) is 0. The molecule has 0 aliphatic rings. The fourth-order valence-corrected chi connectivity index (χ4v) is 2.18. The van der Waals surface area contributed by atoms with Crippen molar-refractivity contribution in [2.24, 2.45) is 0 Å². The van der Waals surface area contributed by atoms with Gasteiger partial charge in [-0.2, -0.15) is 0 Å². The molecule has 1 aromatic heterocycles. The van der Waals surface area contributed by atoms with Crippen molar-refractivity contribution in [1.82, 2.24) is 4.98 Å². The first-order valence-corrected chi connectivity index (χ1v) is 5.03. The van der Waals surface area contributed by atoms with Crippen LogP contribution < -0.4 is 0 Å². The Morgan fingerprint density at radius 2 is 2.31 bits per heavy atom. The molecule has 4 heteroatoms. The molecule has 0 N–H and O–H groups in total. The molecule has 0 saturated heterocycles. The predicted octanol–water partition coefficient (Wildman–Crippen LogP) is 2.67. The predicted molar refractivity (Wildman–Crippen MR) is 57.7 cm³/mol. The van der Waals surface area contributed by atoms with Crippen LogP contribution in [0.5, 0.6) is 0 Å². The third-order valence-electron chi connectivity index (χ3n) is 1.74. The zero-order chi connectivity index (χ0) is 9.42. The molecule has 0 atom stereocenters. The third kappa shape index (κ3) is 1.59. The average Bonchev–Trinajstić information content (AvgIpc) is 2.42. The van der Waals surface area contributed by atoms with E-state index in [1.54, 1.807) is 17.4 Å². The van der Waals surface area contributed by atoms with Gasteiger partial charge in [0.05, 0.1) is 15.2 Å². The van der Waals surface area contributed by atoms with E-state index < -0.39 is 0 Å². The number of carbonyl (C=O) groups is 1. The van der Waals surface area contributed by atoms with E-state index in [9.17, 15) is 4.79 Å². The second-order valence-electron chi connectivity index (χ2n) is 2.72. The van der Waals surface area contributed by atoms with E-state index in [1.165, 1.54) is 0 Å². The summed E-state index contributed by atoms with van der Waals surface area (Å²) >= 11 is 5.35. The lowest BCUT2D eigenvalue weighted by molar-refractivity contribution is 0.109. The summed E-state index contributed by atoms with van der Waals surface area (Å²) in [6, 6.07) is 5.43. The molecule has 0 aliphatic heterocycles. The number of thiazole rings is 1. The Morgan fingerprint density at radius 3 is 3.00 bits per heavy atom. The van der Waals surface area contributed by atoms with Crippen LogP contribution in [0, 0.1) is 6.92 Å². The molecule has 0 unspecified atom stereocenters. The molecule has 0 aliphatic carbocycles. The highest BCUT2D eigenvalue weighted by Crippen LogP contribution is 2.22. The van der Waals surface area contributed by atoms with Crippen molar-refractivity contribution in [2.75, 3.05) is 0 Å². The summed E-state index contributed by atoms with van der Waals surface area (Å²) in [4.78, 5) is 15.2. The number of hydrogen-bond acceptors (Lipinski definition) is 3. The van der Waals surface area contributed by atoms with Gasteiger partial charge in [0.1, 0.15) is 0 Å². The maximum atomic E-state index is 10.9. The molecule has 2 aromatic rings. The highest BCUT2D eigenvalue weighted by Gasteiger charge is 2.04. The molecule has 1 heterocycles. The van der Waals surface area contributed by atoms with Crippen molar-refractivity contribution in [3.8, 4) is 0 Å². The van der Waals surface area contributed by atoms with Gasteiger partial charge in [0.2, 0.25) is 5.12 Å². The molecular formula is C9H7NOS2. The van der Waals surface area contributed by atoms with E-state index in [-0.39, 0.29) is 5.12 Å². The minimum atomic E-state index is -0.201. The van der Waals surface area contributed by atoms with Crippen LogP contribution in [0.15, 0.2) is 18.2 Å². The van der Waals surface area contributed by atoms with Crippen molar-refractivity contribution >= 4 is 39.3 Å². The van der Waals surface area contributed by atoms with Crippen LogP contribution in [0.2, 0.25) is 0 Å². The summed E-state index contributed by atoms with van der Waals surface area (Å²) in [5.74, 6) is 0. The summed E-state index contributed by atoms with van der Waals surface area (Å²) in [6.07, 6.45) is 0. The second kappa shape index (κ2) is 3.12. The first kappa shape index (κ1) is 8.72. The summed E-state index contributed by atoms with van der Waals surface area (Å²) in [6.45, 7) is 1.95. The van der Waals surface area contributed by atoms with Crippen molar-refractivity contribution < 1.29 is 4.79 Å². The molecule has 0 spiro atoms. The van der Waals surface area contributed by atoms with Gasteiger partial charge < -0.3 is 0 Å². The van der Waals surface area contributed by atoms with E-state index in [0.29, 0.717) is 5.56 Å². The number of fused-ring (bicyclic) bond motifs is 1. The van der Waals surface area contributed by atoms with E-state index in [2.05, 4.69) is 17.6 Å². The number of aromatic nitrogens is 1. The third-order valence-corrected chi connectivity index (χ3v) is 2.93. The monoisotopic (exact) mass is 209 g/mol. The normalized spacial score (nSPS) is 10.6. The lowest BCUT2D eigenvalue weighted by Crippen LogP contribution is -1.86. The zero-order valence-corrected chi connectivity index (χ0v) is 8.65. The first-order valence-electron chi connectivity index (χ1n) is 3.77. The largest absolute Gasteiger partial charge is 0.282 e. The van der Waals surface area contributed by atoms with Crippen LogP contribution in [-0.2, 0) is 0 Å². The molecule has 1 aromatic carbocycles. The summed E-state index contributed by atoms with van der Waals surface area (Å²) < 4.78 is 1.04. The van der Waals surface area contributed by atoms with Crippen LogP contribution in [0.25, 0.3) is 10.2 Å². The number of nitrogens with zero attached hydrogens (tertiary/aromatic N) is 1. The van der Waals surface area contributed by atoms with Gasteiger partial charge in [-0.15, -0.1) is 24.0 Å². The summed E-state index contributed by atoms with van der Waals surface area (Å²) in [5.41, 5.74) is 1.57. The van der Waals surface area contributed by atoms with Crippen LogP contribution in [0.1, 0.15) is 15.4 Å². The number of rotatable bonds is 1. The van der Waals surface area contributed by atoms with Crippen LogP contribution in [0.3, 0.4) is 0 Å². The van der Waals surface area contributed by atoms with Crippen molar-refractivity contribution in [2.45, 2.75) is 6.92 Å². The highest BCUT2D eigenvalue weighted by molar-refractivity contribution is 7.97.